The van der Waals surface area contributed by atoms with Crippen LogP contribution in [0, 0.1) is 6.92 Å². The zero-order valence-corrected chi connectivity index (χ0v) is 17.0. The molecule has 8 heteroatoms. The number of halogens is 2. The quantitative estimate of drug-likeness (QED) is 0.623. The fourth-order valence-corrected chi connectivity index (χ4v) is 2.98. The van der Waals surface area contributed by atoms with Crippen LogP contribution in [-0.2, 0) is 17.3 Å². The number of aromatic nitrogens is 4. The van der Waals surface area contributed by atoms with E-state index in [1.54, 1.807) is 25.3 Å². The van der Waals surface area contributed by atoms with Gasteiger partial charge >= 0.3 is 5.92 Å². The largest absolute Gasteiger partial charge is 0.342 e. The fourth-order valence-electron chi connectivity index (χ4n) is 2.98. The molecule has 0 radical (unpaired) electrons. The highest BCUT2D eigenvalue weighted by molar-refractivity contribution is 5.98. The molecule has 0 fully saturated rings. The summed E-state index contributed by atoms with van der Waals surface area (Å²) in [6.07, 6.45) is 5.58. The summed E-state index contributed by atoms with van der Waals surface area (Å²) in [4.78, 5) is 23.7. The van der Waals surface area contributed by atoms with Crippen LogP contribution in [0.2, 0.25) is 0 Å². The van der Waals surface area contributed by atoms with Crippen LogP contribution < -0.4 is 5.32 Å². The molecule has 3 heterocycles. The average Bonchev–Trinajstić information content (AvgIpc) is 2.96. The lowest BCUT2D eigenvalue weighted by atomic mass is 10.1. The smallest absolute Gasteiger partial charge is 0.303 e. The number of nitrogens with zero attached hydrogens (tertiary/aromatic N) is 4. The highest BCUT2D eigenvalue weighted by Gasteiger charge is 2.29. The zero-order valence-electron chi connectivity index (χ0n) is 17.0. The van der Waals surface area contributed by atoms with E-state index in [1.807, 2.05) is 24.6 Å². The van der Waals surface area contributed by atoms with Crippen molar-refractivity contribution >= 4 is 22.6 Å². The highest BCUT2D eigenvalue weighted by Crippen LogP contribution is 2.33. The van der Waals surface area contributed by atoms with E-state index >= 15 is 0 Å². The normalized spacial score (nSPS) is 11.6. The second-order valence-corrected chi connectivity index (χ2v) is 7.35. The van der Waals surface area contributed by atoms with Gasteiger partial charge < -0.3 is 9.88 Å². The van der Waals surface area contributed by atoms with Gasteiger partial charge in [0.15, 0.2) is 5.82 Å². The topological polar surface area (TPSA) is 72.7 Å². The molecule has 0 atom stereocenters. The standard InChI is InChI=1S/C21H23F2N5O/c1-12(2)6-7-28-11-16(15-9-19(26-14(4)29)24-10-18(15)28)17-8-13(3)25-20(27-17)21(5,22)23/h6,8-11H,7H2,1-5H3,(H,24,26,29). The molecule has 1 N–H and O–H groups in total. The van der Waals surface area contributed by atoms with Gasteiger partial charge in [-0.3, -0.25) is 4.79 Å². The number of hydrogen-bond donors (Lipinski definition) is 1. The van der Waals surface area contributed by atoms with E-state index in [1.165, 1.54) is 6.92 Å². The molecule has 0 spiro atoms. The van der Waals surface area contributed by atoms with E-state index in [0.29, 0.717) is 29.3 Å². The number of allylic oxidation sites excluding steroid dienone is 2. The van der Waals surface area contributed by atoms with Gasteiger partial charge in [0.1, 0.15) is 5.82 Å². The molecule has 0 aromatic carbocycles. The lowest BCUT2D eigenvalue weighted by molar-refractivity contribution is -0.114. The second kappa shape index (κ2) is 7.69. The van der Waals surface area contributed by atoms with Crippen molar-refractivity contribution in [3.8, 4) is 11.3 Å². The van der Waals surface area contributed by atoms with Crippen LogP contribution in [0.3, 0.4) is 0 Å². The van der Waals surface area contributed by atoms with Gasteiger partial charge in [-0.1, -0.05) is 11.6 Å². The van der Waals surface area contributed by atoms with E-state index in [0.717, 1.165) is 23.4 Å². The minimum absolute atomic E-state index is 0.242. The number of rotatable bonds is 5. The number of nitrogens with one attached hydrogen (secondary N) is 1. The monoisotopic (exact) mass is 399 g/mol. The first kappa shape index (κ1) is 20.6. The third-order valence-electron chi connectivity index (χ3n) is 4.29. The van der Waals surface area contributed by atoms with Gasteiger partial charge in [0.25, 0.3) is 0 Å². The highest BCUT2D eigenvalue weighted by atomic mass is 19.3. The molecule has 29 heavy (non-hydrogen) atoms. The molecule has 0 unspecified atom stereocenters. The van der Waals surface area contributed by atoms with Gasteiger partial charge in [0, 0.05) is 43.2 Å². The van der Waals surface area contributed by atoms with Crippen LogP contribution in [0.25, 0.3) is 22.2 Å². The number of hydrogen-bond acceptors (Lipinski definition) is 4. The van der Waals surface area contributed by atoms with E-state index in [-0.39, 0.29) is 5.91 Å². The van der Waals surface area contributed by atoms with Crippen molar-refractivity contribution in [2.45, 2.75) is 47.1 Å². The van der Waals surface area contributed by atoms with Crippen LogP contribution in [-0.4, -0.2) is 25.4 Å². The van der Waals surface area contributed by atoms with Crippen molar-refractivity contribution in [2.75, 3.05) is 5.32 Å². The Morgan fingerprint density at radius 2 is 1.97 bits per heavy atom. The van der Waals surface area contributed by atoms with Crippen molar-refractivity contribution in [2.24, 2.45) is 0 Å². The first-order valence-electron chi connectivity index (χ1n) is 9.19. The Labute approximate surface area is 167 Å². The first-order valence-corrected chi connectivity index (χ1v) is 9.19. The van der Waals surface area contributed by atoms with Gasteiger partial charge in [-0.05, 0) is 32.9 Å². The van der Waals surface area contributed by atoms with Gasteiger partial charge in [0.2, 0.25) is 5.91 Å². The Balaban J connectivity index is 2.24. The van der Waals surface area contributed by atoms with Gasteiger partial charge in [-0.25, -0.2) is 15.0 Å². The number of alkyl halides is 2. The molecular formula is C21H23F2N5O. The number of carbonyl (C=O) groups is 1. The molecule has 0 aliphatic rings. The zero-order chi connectivity index (χ0) is 21.3. The Morgan fingerprint density at radius 1 is 1.24 bits per heavy atom. The first-order chi connectivity index (χ1) is 13.5. The molecule has 3 rings (SSSR count). The molecule has 0 saturated carbocycles. The molecule has 6 nitrogen and oxygen atoms in total. The molecule has 1 amide bonds. The number of pyridine rings is 1. The van der Waals surface area contributed by atoms with Crippen LogP contribution >= 0.6 is 0 Å². The van der Waals surface area contributed by atoms with Crippen molar-refractivity contribution in [3.05, 3.63) is 47.7 Å². The Hall–Kier alpha value is -3.16. The minimum Gasteiger partial charge on any atom is -0.342 e. The molecular weight excluding hydrogens is 376 g/mol. The Kier molecular flexibility index (Phi) is 5.46. The molecule has 0 bridgehead atoms. The van der Waals surface area contributed by atoms with E-state index in [9.17, 15) is 13.6 Å². The number of aryl methyl sites for hydroxylation is 1. The number of carbonyl (C=O) groups excluding carboxylic acids is 1. The molecule has 3 aromatic rings. The minimum atomic E-state index is -3.15. The number of amides is 1. The summed E-state index contributed by atoms with van der Waals surface area (Å²) >= 11 is 0. The van der Waals surface area contributed by atoms with Gasteiger partial charge in [-0.2, -0.15) is 8.78 Å². The molecule has 0 aliphatic carbocycles. The van der Waals surface area contributed by atoms with Crippen molar-refractivity contribution in [1.82, 2.24) is 19.5 Å². The second-order valence-electron chi connectivity index (χ2n) is 7.35. The summed E-state index contributed by atoms with van der Waals surface area (Å²) in [5.41, 5.74) is 3.49. The van der Waals surface area contributed by atoms with Crippen molar-refractivity contribution < 1.29 is 13.6 Å². The van der Waals surface area contributed by atoms with Crippen LogP contribution in [0.4, 0.5) is 14.6 Å². The summed E-state index contributed by atoms with van der Waals surface area (Å²) in [6, 6.07) is 3.40. The average molecular weight is 399 g/mol. The molecule has 0 aliphatic heterocycles. The maximum atomic E-state index is 13.9. The lowest BCUT2D eigenvalue weighted by Gasteiger charge is -2.11. The van der Waals surface area contributed by atoms with E-state index in [4.69, 9.17) is 0 Å². The summed E-state index contributed by atoms with van der Waals surface area (Å²) < 4.78 is 29.7. The van der Waals surface area contributed by atoms with Gasteiger partial charge in [-0.15, -0.1) is 0 Å². The van der Waals surface area contributed by atoms with E-state index < -0.39 is 11.7 Å². The maximum absolute atomic E-state index is 13.9. The summed E-state index contributed by atoms with van der Waals surface area (Å²) in [5, 5.41) is 3.42. The lowest BCUT2D eigenvalue weighted by Crippen LogP contribution is -2.13. The summed E-state index contributed by atoms with van der Waals surface area (Å²) in [7, 11) is 0. The van der Waals surface area contributed by atoms with Crippen LogP contribution in [0.15, 0.2) is 36.2 Å². The molecule has 3 aromatic heterocycles. The van der Waals surface area contributed by atoms with Crippen molar-refractivity contribution in [1.29, 1.82) is 0 Å². The Bertz CT molecular complexity index is 1110. The number of fused-ring (bicyclic) bond motifs is 1. The maximum Gasteiger partial charge on any atom is 0.303 e. The third-order valence-corrected chi connectivity index (χ3v) is 4.29. The fraction of sp³-hybridized carbons (Fsp3) is 0.333. The van der Waals surface area contributed by atoms with Crippen molar-refractivity contribution in [3.63, 3.8) is 0 Å². The van der Waals surface area contributed by atoms with Crippen LogP contribution in [0.5, 0.6) is 0 Å². The predicted octanol–water partition coefficient (Wildman–Crippen LogP) is 4.84. The predicted molar refractivity (Wildman–Crippen MR) is 109 cm³/mol. The number of anilines is 1. The SMILES string of the molecule is CC(=O)Nc1cc2c(-c3cc(C)nc(C(C)(F)F)n3)cn(CC=C(C)C)c2cn1. The molecule has 152 valence electrons. The van der Waals surface area contributed by atoms with Gasteiger partial charge in [0.05, 0.1) is 17.4 Å². The molecule has 0 saturated heterocycles. The van der Waals surface area contributed by atoms with Crippen LogP contribution in [0.1, 0.15) is 39.2 Å². The van der Waals surface area contributed by atoms with E-state index in [2.05, 4.69) is 26.3 Å². The summed E-state index contributed by atoms with van der Waals surface area (Å²) in [6.45, 7) is 8.44. The Morgan fingerprint density at radius 3 is 2.59 bits per heavy atom. The summed E-state index contributed by atoms with van der Waals surface area (Å²) in [5.74, 6) is -3.52. The third kappa shape index (κ3) is 4.64.